The summed E-state index contributed by atoms with van der Waals surface area (Å²) in [5, 5.41) is 50.3. The molecule has 0 spiro atoms. The highest BCUT2D eigenvalue weighted by Gasteiger charge is 2.51. The number of carbonyl (C=O) groups excluding carboxylic acids is 2. The highest BCUT2D eigenvalue weighted by atomic mass is 31.2. The van der Waals surface area contributed by atoms with Gasteiger partial charge in [0.1, 0.15) is 43.2 Å². The lowest BCUT2D eigenvalue weighted by Gasteiger charge is -2.41. The molecule has 14 heteroatoms. The number of hydrogen-bond acceptors (Lipinski definition) is 12. The second kappa shape index (κ2) is 44.7. The van der Waals surface area contributed by atoms with Gasteiger partial charge in [-0.3, -0.25) is 18.6 Å². The van der Waals surface area contributed by atoms with E-state index in [4.69, 9.17) is 18.5 Å². The largest absolute Gasteiger partial charge is 0.472 e. The quantitative estimate of drug-likeness (QED) is 0.0145. The van der Waals surface area contributed by atoms with Gasteiger partial charge in [-0.2, -0.15) is 0 Å². The molecule has 69 heavy (non-hydrogen) atoms. The van der Waals surface area contributed by atoms with Gasteiger partial charge in [-0.05, 0) is 51.4 Å². The Hall–Kier alpha value is -1.93. The van der Waals surface area contributed by atoms with E-state index in [1.54, 1.807) is 0 Å². The van der Waals surface area contributed by atoms with E-state index < -0.39 is 75.7 Å². The normalized spacial score (nSPS) is 21.1. The van der Waals surface area contributed by atoms with Crippen LogP contribution < -0.4 is 0 Å². The molecule has 0 bridgehead atoms. The Labute approximate surface area is 418 Å². The zero-order valence-corrected chi connectivity index (χ0v) is 44.3. The van der Waals surface area contributed by atoms with Crippen LogP contribution in [0.4, 0.5) is 0 Å². The van der Waals surface area contributed by atoms with E-state index in [0.717, 1.165) is 64.2 Å². The summed E-state index contributed by atoms with van der Waals surface area (Å²) in [5.41, 5.74) is 0. The van der Waals surface area contributed by atoms with Crippen LogP contribution in [0, 0.1) is 0 Å². The van der Waals surface area contributed by atoms with Gasteiger partial charge in [0.2, 0.25) is 0 Å². The maximum absolute atomic E-state index is 12.9. The number of esters is 2. The third-order valence-electron chi connectivity index (χ3n) is 13.0. The van der Waals surface area contributed by atoms with Gasteiger partial charge in [-0.25, -0.2) is 4.57 Å². The number of aliphatic hydroxyl groups excluding tert-OH is 5. The predicted octanol–water partition coefficient (Wildman–Crippen LogP) is 12.5. The van der Waals surface area contributed by atoms with E-state index in [9.17, 15) is 44.6 Å². The second-order valence-electron chi connectivity index (χ2n) is 19.4. The van der Waals surface area contributed by atoms with Crippen molar-refractivity contribution >= 4 is 19.8 Å². The van der Waals surface area contributed by atoms with Gasteiger partial charge in [0, 0.05) is 12.8 Å². The molecule has 1 aliphatic rings. The Balaban J connectivity index is 2.34. The Kier molecular flexibility index (Phi) is 42.2. The average Bonchev–Trinajstić information content (AvgIpc) is 3.33. The molecule has 1 aliphatic carbocycles. The van der Waals surface area contributed by atoms with Gasteiger partial charge < -0.3 is 39.9 Å². The topological polar surface area (TPSA) is 210 Å². The molecule has 0 radical (unpaired) electrons. The first kappa shape index (κ1) is 65.1. The predicted molar refractivity (Wildman–Crippen MR) is 277 cm³/mol. The van der Waals surface area contributed by atoms with E-state index in [1.807, 2.05) is 0 Å². The van der Waals surface area contributed by atoms with Gasteiger partial charge in [-0.1, -0.05) is 217 Å². The Morgan fingerprint density at radius 2 is 0.783 bits per heavy atom. The summed E-state index contributed by atoms with van der Waals surface area (Å²) in [6.45, 7) is 3.30. The smallest absolute Gasteiger partial charge is 0.462 e. The molecular formula is C55H101O13P. The molecule has 1 saturated carbocycles. The average molecular weight is 1000 g/mol. The fraction of sp³-hybridized carbons (Fsp3) is 0.855. The number of unbranched alkanes of at least 4 members (excludes halogenated alkanes) is 29. The second-order valence-corrected chi connectivity index (χ2v) is 20.9. The van der Waals surface area contributed by atoms with Crippen molar-refractivity contribution in [2.24, 2.45) is 0 Å². The molecule has 404 valence electrons. The zero-order chi connectivity index (χ0) is 50.6. The van der Waals surface area contributed by atoms with Crippen LogP contribution in [0.25, 0.3) is 0 Å². The van der Waals surface area contributed by atoms with Crippen LogP contribution in [-0.2, 0) is 32.7 Å². The van der Waals surface area contributed by atoms with Crippen LogP contribution in [0.1, 0.15) is 245 Å². The lowest BCUT2D eigenvalue weighted by molar-refractivity contribution is -0.220. The Morgan fingerprint density at radius 3 is 1.22 bits per heavy atom. The minimum Gasteiger partial charge on any atom is -0.462 e. The summed E-state index contributed by atoms with van der Waals surface area (Å²) < 4.78 is 33.7. The number of rotatable bonds is 47. The van der Waals surface area contributed by atoms with Crippen LogP contribution >= 0.6 is 7.82 Å². The molecule has 6 unspecified atom stereocenters. The maximum Gasteiger partial charge on any atom is 0.472 e. The molecule has 0 heterocycles. The van der Waals surface area contributed by atoms with Crippen LogP contribution in [0.3, 0.4) is 0 Å². The molecule has 0 amide bonds. The number of hydrogen-bond donors (Lipinski definition) is 6. The van der Waals surface area contributed by atoms with Gasteiger partial charge in [-0.15, -0.1) is 0 Å². The third kappa shape index (κ3) is 36.6. The summed E-state index contributed by atoms with van der Waals surface area (Å²) in [5.74, 6) is -1.11. The number of carbonyl (C=O) groups is 2. The third-order valence-corrected chi connectivity index (χ3v) is 14.0. The standard InChI is InChI=1S/C55H101O13P/c1-3-5-7-9-11-13-15-17-19-21-22-23-24-25-26-28-29-31-33-35-37-39-41-43-48(56)65-45-47(46-66-69(63,64)68-55-53(61)51(59)50(58)52(60)54(55)62)67-49(57)44-42-40-38-36-34-32-30-27-20-18-16-14-12-10-8-6-4-2/h12,14,18,20,30,32,47,50-55,58-62H,3-11,13,15-17,19,21-29,31,33-46H2,1-2H3,(H,63,64)/b14-12+,20-18+,32-30+/t47-,50?,51-,52?,53?,54?,55?/m0/s1. The Bertz CT molecular complexity index is 1340. The molecule has 0 saturated heterocycles. The highest BCUT2D eigenvalue weighted by molar-refractivity contribution is 7.47. The lowest BCUT2D eigenvalue weighted by atomic mass is 9.85. The number of phosphoric ester groups is 1. The van der Waals surface area contributed by atoms with Crippen molar-refractivity contribution in [2.45, 2.75) is 288 Å². The van der Waals surface area contributed by atoms with Crippen LogP contribution in [0.15, 0.2) is 36.5 Å². The summed E-state index contributed by atoms with van der Waals surface area (Å²) in [4.78, 5) is 35.9. The van der Waals surface area contributed by atoms with Crippen LogP contribution in [0.2, 0.25) is 0 Å². The van der Waals surface area contributed by atoms with Gasteiger partial charge in [0.25, 0.3) is 0 Å². The van der Waals surface area contributed by atoms with Crippen molar-refractivity contribution in [1.82, 2.24) is 0 Å². The first-order valence-electron chi connectivity index (χ1n) is 27.8. The minimum atomic E-state index is -5.13. The highest BCUT2D eigenvalue weighted by Crippen LogP contribution is 2.47. The van der Waals surface area contributed by atoms with Crippen molar-refractivity contribution in [2.75, 3.05) is 13.2 Å². The van der Waals surface area contributed by atoms with Gasteiger partial charge in [0.05, 0.1) is 6.61 Å². The minimum absolute atomic E-state index is 0.0729. The SMILES string of the molecule is CCCCC/C=C/C/C=C/C/C=C/CCCCCCC(=O)O[C@@H](COC(=O)CCCCCCCCCCCCCCCCCCCCCCCCC)COP(=O)(O)OC1C(O)C(O)C(O)[C@H](O)C1O. The van der Waals surface area contributed by atoms with Crippen LogP contribution in [-0.4, -0.2) is 98.3 Å². The molecule has 0 aliphatic heterocycles. The van der Waals surface area contributed by atoms with Crippen molar-refractivity contribution in [1.29, 1.82) is 0 Å². The Morgan fingerprint density at radius 1 is 0.449 bits per heavy atom. The molecule has 0 aromatic rings. The van der Waals surface area contributed by atoms with Crippen molar-refractivity contribution in [3.8, 4) is 0 Å². The molecule has 0 aromatic heterocycles. The first-order valence-corrected chi connectivity index (χ1v) is 29.3. The van der Waals surface area contributed by atoms with Crippen molar-refractivity contribution < 1.29 is 63.1 Å². The number of allylic oxidation sites excluding steroid dienone is 6. The molecule has 8 atom stereocenters. The monoisotopic (exact) mass is 1000 g/mol. The summed E-state index contributed by atoms with van der Waals surface area (Å²) in [7, 11) is -5.13. The van der Waals surface area contributed by atoms with E-state index in [0.29, 0.717) is 12.8 Å². The van der Waals surface area contributed by atoms with E-state index >= 15 is 0 Å². The van der Waals surface area contributed by atoms with E-state index in [-0.39, 0.29) is 12.8 Å². The van der Waals surface area contributed by atoms with E-state index in [1.165, 1.54) is 141 Å². The fourth-order valence-corrected chi connectivity index (χ4v) is 9.50. The number of aliphatic hydroxyl groups is 5. The summed E-state index contributed by atoms with van der Waals surface area (Å²) >= 11 is 0. The molecule has 1 fully saturated rings. The molecule has 0 aromatic carbocycles. The van der Waals surface area contributed by atoms with Gasteiger partial charge in [0.15, 0.2) is 6.10 Å². The van der Waals surface area contributed by atoms with Crippen molar-refractivity contribution in [3.63, 3.8) is 0 Å². The summed E-state index contributed by atoms with van der Waals surface area (Å²) in [6, 6.07) is 0. The first-order chi connectivity index (χ1) is 33.4. The maximum atomic E-state index is 12.9. The van der Waals surface area contributed by atoms with Crippen LogP contribution in [0.5, 0.6) is 0 Å². The molecular weight excluding hydrogens is 900 g/mol. The number of ether oxygens (including phenoxy) is 2. The lowest BCUT2D eigenvalue weighted by Crippen LogP contribution is -2.64. The summed E-state index contributed by atoms with van der Waals surface area (Å²) in [6.07, 6.45) is 40.5. The molecule has 1 rings (SSSR count). The molecule has 13 nitrogen and oxygen atoms in total. The molecule has 6 N–H and O–H groups in total. The number of phosphoric acid groups is 1. The zero-order valence-electron chi connectivity index (χ0n) is 43.4. The fourth-order valence-electron chi connectivity index (χ4n) is 8.53. The van der Waals surface area contributed by atoms with Gasteiger partial charge >= 0.3 is 19.8 Å². The van der Waals surface area contributed by atoms with E-state index in [2.05, 4.69) is 50.3 Å². The van der Waals surface area contributed by atoms with Crippen molar-refractivity contribution in [3.05, 3.63) is 36.5 Å².